The van der Waals surface area contributed by atoms with Gasteiger partial charge < -0.3 is 15.5 Å². The molecule has 0 aliphatic rings. The van der Waals surface area contributed by atoms with Crippen molar-refractivity contribution in [2.75, 3.05) is 18.5 Å². The lowest BCUT2D eigenvalue weighted by Crippen LogP contribution is -2.22. The fraction of sp³-hybridized carbons (Fsp3) is 0.267. The Morgan fingerprint density at radius 3 is 2.35 bits per heavy atom. The number of aliphatic hydroxyl groups is 2. The van der Waals surface area contributed by atoms with Crippen LogP contribution in [0.5, 0.6) is 0 Å². The highest BCUT2D eigenvalue weighted by molar-refractivity contribution is 7.91. The second-order valence-corrected chi connectivity index (χ2v) is 7.53. The van der Waals surface area contributed by atoms with Crippen LogP contribution >= 0.6 is 11.6 Å². The Balaban J connectivity index is 2.27. The van der Waals surface area contributed by atoms with Gasteiger partial charge in [0.1, 0.15) is 0 Å². The first-order valence-electron chi connectivity index (χ1n) is 7.16. The van der Waals surface area contributed by atoms with Gasteiger partial charge in [0.25, 0.3) is 0 Å². The first-order chi connectivity index (χ1) is 12.1. The van der Waals surface area contributed by atoms with Crippen molar-refractivity contribution in [3.8, 4) is 0 Å². The van der Waals surface area contributed by atoms with Crippen LogP contribution in [-0.2, 0) is 16.0 Å². The summed E-state index contributed by atoms with van der Waals surface area (Å²) in [6, 6.07) is 5.74. The molecule has 6 nitrogen and oxygen atoms in total. The summed E-state index contributed by atoms with van der Waals surface area (Å²) in [5, 5.41) is 19.4. The highest BCUT2D eigenvalue weighted by Crippen LogP contribution is 2.33. The van der Waals surface area contributed by atoms with Crippen molar-refractivity contribution in [1.29, 1.82) is 0 Å². The Kier molecular flexibility index (Phi) is 6.12. The lowest BCUT2D eigenvalue weighted by Gasteiger charge is -2.12. The number of hydrogen-bond acceptors (Lipinski definition) is 6. The van der Waals surface area contributed by atoms with E-state index in [9.17, 15) is 26.7 Å². The molecular weight excluding hydrogens is 397 g/mol. The third-order valence-electron chi connectivity index (χ3n) is 3.31. The Morgan fingerprint density at radius 1 is 1.23 bits per heavy atom. The zero-order chi connectivity index (χ0) is 19.5. The number of nitrogens with one attached hydrogen (secondary N) is 1. The maximum atomic E-state index is 12.6. The van der Waals surface area contributed by atoms with E-state index < -0.39 is 44.3 Å². The fourth-order valence-corrected chi connectivity index (χ4v) is 3.64. The van der Waals surface area contributed by atoms with Gasteiger partial charge in [-0.3, -0.25) is 0 Å². The Labute approximate surface area is 152 Å². The van der Waals surface area contributed by atoms with E-state index in [1.54, 1.807) is 0 Å². The van der Waals surface area contributed by atoms with Crippen molar-refractivity contribution in [3.63, 3.8) is 0 Å². The molecule has 0 bridgehead atoms. The highest BCUT2D eigenvalue weighted by atomic mass is 35.5. The molecule has 0 aliphatic carbocycles. The molecule has 3 N–H and O–H groups in total. The minimum Gasteiger partial charge on any atom is -0.394 e. The lowest BCUT2D eigenvalue weighted by atomic mass is 10.3. The van der Waals surface area contributed by atoms with Crippen LogP contribution in [0.1, 0.15) is 5.56 Å². The average molecular weight is 411 g/mol. The molecule has 142 valence electrons. The lowest BCUT2D eigenvalue weighted by molar-refractivity contribution is -0.137. The van der Waals surface area contributed by atoms with E-state index in [-0.39, 0.29) is 11.4 Å². The summed E-state index contributed by atoms with van der Waals surface area (Å²) in [5.74, 6) is 0. The smallest absolute Gasteiger partial charge is 0.394 e. The third kappa shape index (κ3) is 4.64. The van der Waals surface area contributed by atoms with Gasteiger partial charge in [-0.2, -0.15) is 13.2 Å². The van der Waals surface area contributed by atoms with Crippen LogP contribution < -0.4 is 5.32 Å². The third-order valence-corrected chi connectivity index (χ3v) is 5.43. The van der Waals surface area contributed by atoms with E-state index in [1.807, 2.05) is 0 Å². The van der Waals surface area contributed by atoms with Crippen molar-refractivity contribution in [2.24, 2.45) is 0 Å². The monoisotopic (exact) mass is 410 g/mol. The summed E-state index contributed by atoms with van der Waals surface area (Å²) in [6.45, 7) is -0.383. The molecule has 0 aliphatic heterocycles. The summed E-state index contributed by atoms with van der Waals surface area (Å²) in [5.41, 5.74) is -0.675. The van der Waals surface area contributed by atoms with Gasteiger partial charge in [-0.15, -0.1) is 0 Å². The number of halogens is 4. The fourth-order valence-electron chi connectivity index (χ4n) is 1.94. The molecule has 1 aromatic carbocycles. The van der Waals surface area contributed by atoms with E-state index in [4.69, 9.17) is 16.7 Å². The Morgan fingerprint density at radius 2 is 1.85 bits per heavy atom. The zero-order valence-corrected chi connectivity index (χ0v) is 14.6. The molecule has 0 spiro atoms. The predicted octanol–water partition coefficient (Wildman–Crippen LogP) is 2.35. The summed E-state index contributed by atoms with van der Waals surface area (Å²) in [4.78, 5) is 3.16. The zero-order valence-electron chi connectivity index (χ0n) is 13.0. The highest BCUT2D eigenvalue weighted by Gasteiger charge is 2.33. The van der Waals surface area contributed by atoms with Gasteiger partial charge in [-0.05, 0) is 30.3 Å². The molecular formula is C15H14ClF3N2O4S. The number of aliphatic hydroxyl groups excluding tert-OH is 2. The van der Waals surface area contributed by atoms with Crippen molar-refractivity contribution in [3.05, 3.63) is 47.1 Å². The summed E-state index contributed by atoms with van der Waals surface area (Å²) >= 11 is 5.70. The molecule has 1 unspecified atom stereocenters. The van der Waals surface area contributed by atoms with Crippen LogP contribution in [-0.4, -0.2) is 42.9 Å². The van der Waals surface area contributed by atoms with Crippen molar-refractivity contribution < 1.29 is 31.8 Å². The van der Waals surface area contributed by atoms with Crippen molar-refractivity contribution >= 4 is 27.1 Å². The SMILES string of the molecule is O=S(=O)(c1ccc(NCC(O)CO)cc1)c1ncc(C(F)(F)F)cc1Cl. The van der Waals surface area contributed by atoms with Crippen molar-refractivity contribution in [1.82, 2.24) is 4.98 Å². The molecule has 0 saturated heterocycles. The van der Waals surface area contributed by atoms with E-state index >= 15 is 0 Å². The standard InChI is InChI=1S/C15H14ClF3N2O4S/c16-13-5-9(15(17,18)19)6-21-14(13)26(24,25)12-3-1-10(2-4-12)20-7-11(23)8-22/h1-6,11,20,22-23H,7-8H2. The molecule has 11 heteroatoms. The van der Waals surface area contributed by atoms with Gasteiger partial charge in [0.2, 0.25) is 9.84 Å². The van der Waals surface area contributed by atoms with E-state index in [0.29, 0.717) is 18.0 Å². The summed E-state index contributed by atoms with van der Waals surface area (Å²) < 4.78 is 62.9. The number of aromatic nitrogens is 1. The number of alkyl halides is 3. The van der Waals surface area contributed by atoms with Crippen LogP contribution in [0.25, 0.3) is 0 Å². The molecule has 0 radical (unpaired) electrons. The van der Waals surface area contributed by atoms with E-state index in [0.717, 1.165) is 0 Å². The second kappa shape index (κ2) is 7.78. The van der Waals surface area contributed by atoms with E-state index in [1.165, 1.54) is 24.3 Å². The molecule has 2 rings (SSSR count). The molecule has 2 aromatic rings. The topological polar surface area (TPSA) is 99.5 Å². The number of anilines is 1. The molecule has 0 saturated carbocycles. The van der Waals surface area contributed by atoms with Gasteiger partial charge in [0.15, 0.2) is 5.03 Å². The Hall–Kier alpha value is -1.88. The maximum Gasteiger partial charge on any atom is 0.417 e. The number of hydrogen-bond donors (Lipinski definition) is 3. The number of nitrogens with zero attached hydrogens (tertiary/aromatic N) is 1. The van der Waals surface area contributed by atoms with E-state index in [2.05, 4.69) is 10.3 Å². The number of sulfone groups is 1. The summed E-state index contributed by atoms with van der Waals surface area (Å²) in [6.07, 6.45) is -5.26. The minimum absolute atomic E-state index is 0.0505. The molecule has 0 fully saturated rings. The molecule has 1 aromatic heterocycles. The number of pyridine rings is 1. The van der Waals surface area contributed by atoms with Crippen LogP contribution in [0, 0.1) is 0 Å². The van der Waals surface area contributed by atoms with Gasteiger partial charge in [0.05, 0.1) is 28.2 Å². The second-order valence-electron chi connectivity index (χ2n) is 5.25. The normalized spacial score (nSPS) is 13.5. The molecule has 26 heavy (non-hydrogen) atoms. The Bertz CT molecular complexity index is 873. The van der Waals surface area contributed by atoms with Gasteiger partial charge in [0, 0.05) is 18.4 Å². The first-order valence-corrected chi connectivity index (χ1v) is 9.02. The van der Waals surface area contributed by atoms with Crippen molar-refractivity contribution in [2.45, 2.75) is 22.2 Å². The van der Waals surface area contributed by atoms with Gasteiger partial charge in [-0.25, -0.2) is 13.4 Å². The average Bonchev–Trinajstić information content (AvgIpc) is 2.58. The molecule has 1 heterocycles. The maximum absolute atomic E-state index is 12.6. The predicted molar refractivity (Wildman–Crippen MR) is 87.7 cm³/mol. The molecule has 1 atom stereocenters. The first kappa shape index (κ1) is 20.4. The van der Waals surface area contributed by atoms with Crippen LogP contribution in [0.15, 0.2) is 46.5 Å². The van der Waals surface area contributed by atoms with Crippen LogP contribution in [0.2, 0.25) is 5.02 Å². The number of benzene rings is 1. The largest absolute Gasteiger partial charge is 0.417 e. The van der Waals surface area contributed by atoms with Crippen LogP contribution in [0.4, 0.5) is 18.9 Å². The van der Waals surface area contributed by atoms with Gasteiger partial charge >= 0.3 is 6.18 Å². The summed E-state index contributed by atoms with van der Waals surface area (Å²) in [7, 11) is -4.21. The minimum atomic E-state index is -4.69. The van der Waals surface area contributed by atoms with Crippen LogP contribution in [0.3, 0.4) is 0 Å². The number of rotatable bonds is 6. The molecule has 0 amide bonds. The quantitative estimate of drug-likeness (QED) is 0.676. The van der Waals surface area contributed by atoms with Gasteiger partial charge in [-0.1, -0.05) is 11.6 Å².